The third-order valence-electron chi connectivity index (χ3n) is 4.17. The van der Waals surface area contributed by atoms with Crippen LogP contribution in [-0.4, -0.2) is 50.8 Å². The second-order valence-corrected chi connectivity index (χ2v) is 5.75. The van der Waals surface area contributed by atoms with Gasteiger partial charge in [0.1, 0.15) is 0 Å². The normalized spacial score (nSPS) is 28.4. The van der Waals surface area contributed by atoms with Crippen molar-refractivity contribution >= 4 is 0 Å². The molecule has 0 aromatic carbocycles. The summed E-state index contributed by atoms with van der Waals surface area (Å²) in [6, 6.07) is 0. The first-order valence-electron chi connectivity index (χ1n) is 7.35. The number of nitrogens with zero attached hydrogens (tertiary/aromatic N) is 1. The van der Waals surface area contributed by atoms with Crippen LogP contribution < -0.4 is 5.32 Å². The van der Waals surface area contributed by atoms with Gasteiger partial charge in [0, 0.05) is 19.6 Å². The predicted octanol–water partition coefficient (Wildman–Crippen LogP) is 1.88. The van der Waals surface area contributed by atoms with E-state index in [2.05, 4.69) is 17.3 Å². The third kappa shape index (κ3) is 4.94. The van der Waals surface area contributed by atoms with Crippen molar-refractivity contribution in [3.63, 3.8) is 0 Å². The number of nitrogens with one attached hydrogen (secondary N) is 1. The summed E-state index contributed by atoms with van der Waals surface area (Å²) in [7, 11) is 2.18. The van der Waals surface area contributed by atoms with Crippen molar-refractivity contribution < 1.29 is 4.74 Å². The molecule has 2 rings (SSSR count). The highest BCUT2D eigenvalue weighted by Gasteiger charge is 2.17. The van der Waals surface area contributed by atoms with Crippen molar-refractivity contribution in [2.75, 3.05) is 39.8 Å². The van der Waals surface area contributed by atoms with Crippen molar-refractivity contribution in [3.8, 4) is 0 Å². The number of rotatable bonds is 5. The van der Waals surface area contributed by atoms with Crippen LogP contribution in [0.15, 0.2) is 0 Å². The van der Waals surface area contributed by atoms with E-state index in [0.29, 0.717) is 6.10 Å². The van der Waals surface area contributed by atoms with Gasteiger partial charge < -0.3 is 15.0 Å². The van der Waals surface area contributed by atoms with Crippen LogP contribution in [-0.2, 0) is 4.74 Å². The maximum Gasteiger partial charge on any atom is 0.0826 e. The number of ether oxygens (including phenoxy) is 1. The van der Waals surface area contributed by atoms with Gasteiger partial charge in [0.15, 0.2) is 0 Å². The topological polar surface area (TPSA) is 24.5 Å². The minimum Gasteiger partial charge on any atom is -0.374 e. The molecule has 0 bridgehead atoms. The van der Waals surface area contributed by atoms with E-state index in [1.807, 2.05) is 0 Å². The lowest BCUT2D eigenvalue weighted by molar-refractivity contribution is -0.0181. The minimum absolute atomic E-state index is 0.403. The summed E-state index contributed by atoms with van der Waals surface area (Å²) >= 11 is 0. The third-order valence-corrected chi connectivity index (χ3v) is 4.17. The highest BCUT2D eigenvalue weighted by molar-refractivity contribution is 4.72. The zero-order valence-electron chi connectivity index (χ0n) is 11.3. The predicted molar refractivity (Wildman–Crippen MR) is 71.3 cm³/mol. The summed E-state index contributed by atoms with van der Waals surface area (Å²) in [4.78, 5) is 2.36. The van der Waals surface area contributed by atoms with E-state index in [1.165, 1.54) is 45.1 Å². The smallest absolute Gasteiger partial charge is 0.0826 e. The highest BCUT2D eigenvalue weighted by Crippen LogP contribution is 2.25. The van der Waals surface area contributed by atoms with Crippen molar-refractivity contribution in [1.29, 1.82) is 0 Å². The molecular formula is C14H28N2O. The second-order valence-electron chi connectivity index (χ2n) is 5.75. The van der Waals surface area contributed by atoms with Gasteiger partial charge in [0.05, 0.1) is 12.7 Å². The summed E-state index contributed by atoms with van der Waals surface area (Å²) < 4.78 is 5.74. The molecule has 1 saturated carbocycles. The average molecular weight is 240 g/mol. The summed E-state index contributed by atoms with van der Waals surface area (Å²) in [6.07, 6.45) is 9.08. The summed E-state index contributed by atoms with van der Waals surface area (Å²) in [6.45, 7) is 5.26. The Bertz CT molecular complexity index is 204. The minimum atomic E-state index is 0.403. The van der Waals surface area contributed by atoms with Gasteiger partial charge in [-0.2, -0.15) is 0 Å². The van der Waals surface area contributed by atoms with Gasteiger partial charge in [-0.1, -0.05) is 32.1 Å². The van der Waals surface area contributed by atoms with E-state index >= 15 is 0 Å². The molecule has 0 radical (unpaired) electrons. The molecular weight excluding hydrogens is 212 g/mol. The molecule has 1 aliphatic carbocycles. The van der Waals surface area contributed by atoms with Crippen molar-refractivity contribution in [1.82, 2.24) is 10.2 Å². The first-order valence-corrected chi connectivity index (χ1v) is 7.35. The van der Waals surface area contributed by atoms with Crippen LogP contribution in [0.4, 0.5) is 0 Å². The standard InChI is InChI=1S/C14H28N2O/c1-16-9-10-17-14(12-16)11-15-8-7-13-5-3-2-4-6-13/h13-15H,2-12H2,1H3. The summed E-state index contributed by atoms with van der Waals surface area (Å²) in [5, 5.41) is 3.57. The number of morpholine rings is 1. The largest absolute Gasteiger partial charge is 0.374 e. The molecule has 0 spiro atoms. The number of likely N-dealkylation sites (N-methyl/N-ethyl adjacent to an activating group) is 1. The van der Waals surface area contributed by atoms with Crippen LogP contribution in [0.3, 0.4) is 0 Å². The van der Waals surface area contributed by atoms with E-state index in [4.69, 9.17) is 4.74 Å². The van der Waals surface area contributed by atoms with E-state index in [1.54, 1.807) is 0 Å². The SMILES string of the molecule is CN1CCOC(CNCCC2CCCCC2)C1. The molecule has 100 valence electrons. The zero-order chi connectivity index (χ0) is 11.9. The van der Waals surface area contributed by atoms with Crippen LogP contribution in [0.2, 0.25) is 0 Å². The molecule has 1 aliphatic heterocycles. The maximum absolute atomic E-state index is 5.74. The number of hydrogen-bond acceptors (Lipinski definition) is 3. The quantitative estimate of drug-likeness (QED) is 0.743. The Morgan fingerprint density at radius 1 is 1.24 bits per heavy atom. The van der Waals surface area contributed by atoms with Gasteiger partial charge in [-0.25, -0.2) is 0 Å². The maximum atomic E-state index is 5.74. The molecule has 1 N–H and O–H groups in total. The van der Waals surface area contributed by atoms with Gasteiger partial charge in [-0.15, -0.1) is 0 Å². The van der Waals surface area contributed by atoms with E-state index in [-0.39, 0.29) is 0 Å². The Morgan fingerprint density at radius 2 is 2.06 bits per heavy atom. The van der Waals surface area contributed by atoms with Crippen molar-refractivity contribution in [3.05, 3.63) is 0 Å². The van der Waals surface area contributed by atoms with Crippen LogP contribution in [0.1, 0.15) is 38.5 Å². The van der Waals surface area contributed by atoms with E-state index in [0.717, 1.165) is 32.2 Å². The van der Waals surface area contributed by atoms with Gasteiger partial charge in [-0.05, 0) is 25.9 Å². The Labute approximate surface area is 106 Å². The molecule has 3 heteroatoms. The molecule has 2 fully saturated rings. The molecule has 3 nitrogen and oxygen atoms in total. The molecule has 0 aromatic heterocycles. The summed E-state index contributed by atoms with van der Waals surface area (Å²) in [5.41, 5.74) is 0. The fourth-order valence-corrected chi connectivity index (χ4v) is 3.04. The van der Waals surface area contributed by atoms with Crippen molar-refractivity contribution in [2.45, 2.75) is 44.6 Å². The molecule has 1 heterocycles. The molecule has 0 aromatic rings. The van der Waals surface area contributed by atoms with E-state index in [9.17, 15) is 0 Å². The molecule has 1 saturated heterocycles. The molecule has 17 heavy (non-hydrogen) atoms. The fourth-order valence-electron chi connectivity index (χ4n) is 3.04. The molecule has 2 aliphatic rings. The second kappa shape index (κ2) is 7.34. The Kier molecular flexibility index (Phi) is 5.75. The van der Waals surface area contributed by atoms with Gasteiger partial charge >= 0.3 is 0 Å². The lowest BCUT2D eigenvalue weighted by Gasteiger charge is -2.30. The zero-order valence-corrected chi connectivity index (χ0v) is 11.3. The molecule has 0 amide bonds. The van der Waals surface area contributed by atoms with Crippen LogP contribution in [0, 0.1) is 5.92 Å². The Morgan fingerprint density at radius 3 is 2.82 bits per heavy atom. The highest BCUT2D eigenvalue weighted by atomic mass is 16.5. The molecule has 1 unspecified atom stereocenters. The lowest BCUT2D eigenvalue weighted by atomic mass is 9.87. The first-order chi connectivity index (χ1) is 8.34. The first kappa shape index (κ1) is 13.3. The average Bonchev–Trinajstić information content (AvgIpc) is 2.36. The monoisotopic (exact) mass is 240 g/mol. The van der Waals surface area contributed by atoms with Gasteiger partial charge in [0.2, 0.25) is 0 Å². The van der Waals surface area contributed by atoms with E-state index < -0.39 is 0 Å². The Balaban J connectivity index is 1.50. The van der Waals surface area contributed by atoms with Gasteiger partial charge in [-0.3, -0.25) is 0 Å². The van der Waals surface area contributed by atoms with Gasteiger partial charge in [0.25, 0.3) is 0 Å². The number of hydrogen-bond donors (Lipinski definition) is 1. The van der Waals surface area contributed by atoms with Crippen LogP contribution in [0.25, 0.3) is 0 Å². The molecule has 1 atom stereocenters. The van der Waals surface area contributed by atoms with Crippen LogP contribution in [0.5, 0.6) is 0 Å². The lowest BCUT2D eigenvalue weighted by Crippen LogP contribution is -2.45. The summed E-state index contributed by atoms with van der Waals surface area (Å²) in [5.74, 6) is 0.992. The fraction of sp³-hybridized carbons (Fsp3) is 1.00. The van der Waals surface area contributed by atoms with Crippen molar-refractivity contribution in [2.24, 2.45) is 5.92 Å². The Hall–Kier alpha value is -0.120. The van der Waals surface area contributed by atoms with Crippen LogP contribution >= 0.6 is 0 Å².